The average molecular weight is 203 g/mol. The van der Waals surface area contributed by atoms with Gasteiger partial charge < -0.3 is 14.9 Å². The van der Waals surface area contributed by atoms with Gasteiger partial charge in [0.25, 0.3) is 0 Å². The van der Waals surface area contributed by atoms with Crippen LogP contribution in [0.5, 0.6) is 0 Å². The van der Waals surface area contributed by atoms with E-state index in [1.54, 1.807) is 0 Å². The van der Waals surface area contributed by atoms with Gasteiger partial charge in [-0.3, -0.25) is 4.79 Å². The molecule has 0 aromatic carbocycles. The Hall–Kier alpha value is -1.79. The fourth-order valence-electron chi connectivity index (χ4n) is 0.669. The summed E-state index contributed by atoms with van der Waals surface area (Å²) in [5, 5.41) is 20.7. The largest absolute Gasteiger partial charge is 0.479 e. The number of aliphatic hydroxyl groups is 1. The van der Waals surface area contributed by atoms with Crippen LogP contribution in [-0.2, 0) is 14.3 Å². The van der Waals surface area contributed by atoms with Gasteiger partial charge in [-0.15, -0.1) is 0 Å². The monoisotopic (exact) mass is 203 g/mol. The minimum atomic E-state index is -2.49. The zero-order chi connectivity index (χ0) is 11.4. The molecule has 8 nitrogen and oxygen atoms in total. The van der Waals surface area contributed by atoms with Gasteiger partial charge in [0, 0.05) is 4.91 Å². The highest BCUT2D eigenvalue weighted by Crippen LogP contribution is 2.15. The number of rotatable bonds is 4. The second kappa shape index (κ2) is 4.45. The van der Waals surface area contributed by atoms with E-state index in [0.29, 0.717) is 0 Å². The SMILES string of the molecule is COC(=O)[C@@H](N=[N+]=[N-])[C@](C)(O)C(=O)O. The Labute approximate surface area is 78.7 Å². The van der Waals surface area contributed by atoms with Gasteiger partial charge in [-0.1, -0.05) is 5.11 Å². The number of methoxy groups -OCH3 is 1. The molecular formula is C6H9N3O5. The van der Waals surface area contributed by atoms with Crippen LogP contribution in [0.4, 0.5) is 0 Å². The van der Waals surface area contributed by atoms with Gasteiger partial charge in [0.15, 0.2) is 11.6 Å². The van der Waals surface area contributed by atoms with Gasteiger partial charge in [0.2, 0.25) is 0 Å². The van der Waals surface area contributed by atoms with Crippen molar-refractivity contribution in [3.63, 3.8) is 0 Å². The van der Waals surface area contributed by atoms with Gasteiger partial charge in [0.05, 0.1) is 7.11 Å². The molecule has 0 aliphatic carbocycles. The van der Waals surface area contributed by atoms with Crippen LogP contribution in [-0.4, -0.2) is 40.9 Å². The number of carbonyl (C=O) groups is 2. The molecule has 0 fully saturated rings. The minimum Gasteiger partial charge on any atom is -0.479 e. The Kier molecular flexibility index (Phi) is 3.88. The molecule has 78 valence electrons. The van der Waals surface area contributed by atoms with E-state index in [4.69, 9.17) is 10.6 Å². The van der Waals surface area contributed by atoms with Gasteiger partial charge >= 0.3 is 11.9 Å². The summed E-state index contributed by atoms with van der Waals surface area (Å²) in [6, 6.07) is -1.81. The summed E-state index contributed by atoms with van der Waals surface area (Å²) in [4.78, 5) is 23.7. The number of carboxylic acid groups (broad SMARTS) is 1. The summed E-state index contributed by atoms with van der Waals surface area (Å²) in [5.41, 5.74) is 5.59. The van der Waals surface area contributed by atoms with Gasteiger partial charge in [-0.25, -0.2) is 4.79 Å². The second-order valence-electron chi connectivity index (χ2n) is 2.58. The lowest BCUT2D eigenvalue weighted by Crippen LogP contribution is -2.50. The number of carbonyl (C=O) groups excluding carboxylic acids is 1. The van der Waals surface area contributed by atoms with Gasteiger partial charge in [-0.05, 0) is 12.5 Å². The third-order valence-electron chi connectivity index (χ3n) is 1.56. The van der Waals surface area contributed by atoms with E-state index in [2.05, 4.69) is 14.8 Å². The first kappa shape index (κ1) is 12.2. The van der Waals surface area contributed by atoms with Crippen molar-refractivity contribution in [1.82, 2.24) is 0 Å². The maximum atomic E-state index is 10.9. The predicted molar refractivity (Wildman–Crippen MR) is 43.2 cm³/mol. The van der Waals surface area contributed by atoms with Crippen LogP contribution in [0, 0.1) is 0 Å². The summed E-state index contributed by atoms with van der Waals surface area (Å²) in [6.45, 7) is 0.839. The Morgan fingerprint density at radius 1 is 1.64 bits per heavy atom. The third kappa shape index (κ3) is 2.35. The van der Waals surface area contributed by atoms with Crippen molar-refractivity contribution in [2.75, 3.05) is 7.11 Å². The highest BCUT2D eigenvalue weighted by Gasteiger charge is 2.44. The zero-order valence-electron chi connectivity index (χ0n) is 7.54. The number of azide groups is 1. The number of aliphatic carboxylic acids is 1. The normalized spacial score (nSPS) is 15.9. The van der Waals surface area contributed by atoms with E-state index in [-0.39, 0.29) is 0 Å². The van der Waals surface area contributed by atoms with E-state index in [0.717, 1.165) is 14.0 Å². The molecule has 0 saturated carbocycles. The van der Waals surface area contributed by atoms with Gasteiger partial charge in [0.1, 0.15) is 0 Å². The summed E-state index contributed by atoms with van der Waals surface area (Å²) >= 11 is 0. The van der Waals surface area contributed by atoms with Crippen LogP contribution in [0.15, 0.2) is 5.11 Å². The van der Waals surface area contributed by atoms with E-state index < -0.39 is 23.6 Å². The molecule has 0 heterocycles. The quantitative estimate of drug-likeness (QED) is 0.279. The van der Waals surface area contributed by atoms with Crippen molar-refractivity contribution in [1.29, 1.82) is 0 Å². The number of carboxylic acids is 1. The lowest BCUT2D eigenvalue weighted by Gasteiger charge is -2.22. The minimum absolute atomic E-state index is 0.839. The highest BCUT2D eigenvalue weighted by molar-refractivity contribution is 5.88. The molecule has 0 aromatic heterocycles. The van der Waals surface area contributed by atoms with E-state index in [1.165, 1.54) is 0 Å². The Bertz CT molecular complexity index is 294. The lowest BCUT2D eigenvalue weighted by molar-refractivity contribution is -0.166. The topological polar surface area (TPSA) is 133 Å². The third-order valence-corrected chi connectivity index (χ3v) is 1.56. The summed E-state index contributed by atoms with van der Waals surface area (Å²) in [7, 11) is 0.986. The first-order chi connectivity index (χ1) is 6.37. The lowest BCUT2D eigenvalue weighted by atomic mass is 9.97. The fourth-order valence-corrected chi connectivity index (χ4v) is 0.669. The maximum Gasteiger partial charge on any atom is 0.336 e. The first-order valence-corrected chi connectivity index (χ1v) is 3.45. The maximum absolute atomic E-state index is 10.9. The van der Waals surface area contributed by atoms with E-state index in [1.807, 2.05) is 0 Å². The average Bonchev–Trinajstić information content (AvgIpc) is 2.12. The van der Waals surface area contributed by atoms with Gasteiger partial charge in [-0.2, -0.15) is 0 Å². The Morgan fingerprint density at radius 3 is 2.43 bits per heavy atom. The van der Waals surface area contributed by atoms with Crippen LogP contribution >= 0.6 is 0 Å². The molecule has 0 radical (unpaired) electrons. The molecule has 0 saturated heterocycles. The van der Waals surface area contributed by atoms with E-state index >= 15 is 0 Å². The van der Waals surface area contributed by atoms with Crippen molar-refractivity contribution in [3.05, 3.63) is 10.4 Å². The number of esters is 1. The van der Waals surface area contributed by atoms with Crippen molar-refractivity contribution < 1.29 is 24.5 Å². The van der Waals surface area contributed by atoms with Crippen molar-refractivity contribution in [3.8, 4) is 0 Å². The molecule has 0 aliphatic heterocycles. The molecule has 2 N–H and O–H groups in total. The molecule has 0 spiro atoms. The molecule has 0 unspecified atom stereocenters. The number of ether oxygens (including phenoxy) is 1. The first-order valence-electron chi connectivity index (χ1n) is 3.45. The summed E-state index contributed by atoms with van der Waals surface area (Å²) < 4.78 is 4.17. The molecule has 14 heavy (non-hydrogen) atoms. The van der Waals surface area contributed by atoms with Crippen molar-refractivity contribution in [2.24, 2.45) is 5.11 Å². The summed E-state index contributed by atoms with van der Waals surface area (Å²) in [6.07, 6.45) is 0. The van der Waals surface area contributed by atoms with Crippen LogP contribution in [0.25, 0.3) is 10.4 Å². The standard InChI is InChI=1S/C6H9N3O5/c1-6(13,5(11)12)3(8-9-7)4(10)14-2/h3,13H,1-2H3,(H,11,12)/t3-,6+/m1/s1. The molecule has 0 aromatic rings. The molecule has 8 heteroatoms. The smallest absolute Gasteiger partial charge is 0.336 e. The molecule has 0 bridgehead atoms. The molecule has 0 aliphatic rings. The molecule has 0 rings (SSSR count). The Balaban J connectivity index is 5.10. The molecule has 0 amide bonds. The predicted octanol–water partition coefficient (Wildman–Crippen LogP) is -0.326. The molecular weight excluding hydrogens is 194 g/mol. The van der Waals surface area contributed by atoms with Crippen molar-refractivity contribution >= 4 is 11.9 Å². The number of hydrogen-bond donors (Lipinski definition) is 2. The zero-order valence-corrected chi connectivity index (χ0v) is 7.54. The second-order valence-corrected chi connectivity index (χ2v) is 2.58. The van der Waals surface area contributed by atoms with Crippen molar-refractivity contribution in [2.45, 2.75) is 18.6 Å². The van der Waals surface area contributed by atoms with Crippen LogP contribution in [0.3, 0.4) is 0 Å². The van der Waals surface area contributed by atoms with E-state index in [9.17, 15) is 14.7 Å². The van der Waals surface area contributed by atoms with Crippen LogP contribution < -0.4 is 0 Å². The summed E-state index contributed by atoms with van der Waals surface area (Å²) in [5.74, 6) is -2.80. The van der Waals surface area contributed by atoms with Crippen LogP contribution in [0.2, 0.25) is 0 Å². The fraction of sp³-hybridized carbons (Fsp3) is 0.667. The Morgan fingerprint density at radius 2 is 2.14 bits per heavy atom. The number of hydrogen-bond acceptors (Lipinski definition) is 5. The number of nitrogens with zero attached hydrogens (tertiary/aromatic N) is 3. The molecule has 2 atom stereocenters. The van der Waals surface area contributed by atoms with Crippen LogP contribution in [0.1, 0.15) is 6.92 Å². The highest BCUT2D eigenvalue weighted by atomic mass is 16.5.